The molecule has 0 spiro atoms. The fourth-order valence-electron chi connectivity index (χ4n) is 1.41. The molecule has 1 aromatic carbocycles. The number of carbonyl (C=O) groups excluding carboxylic acids is 2. The molecule has 0 aromatic heterocycles. The van der Waals surface area contributed by atoms with Crippen LogP contribution in [0.5, 0.6) is 0 Å². The van der Waals surface area contributed by atoms with E-state index in [0.717, 1.165) is 11.1 Å². The average Bonchev–Trinajstić information content (AvgIpc) is 2.35. The molecule has 0 N–H and O–H groups in total. The fraction of sp³-hybridized carbons (Fsp3) is 0.286. The number of aryl methyl sites for hydroxylation is 1. The highest BCUT2D eigenvalue weighted by Gasteiger charge is 2.06. The Morgan fingerprint density at radius 2 is 2.11 bits per heavy atom. The van der Waals surface area contributed by atoms with Crippen LogP contribution in [-0.2, 0) is 9.53 Å². The second-order valence-corrected chi connectivity index (χ2v) is 4.96. The first kappa shape index (κ1) is 14.5. The Balaban J connectivity index is 2.81. The molecule has 1 rings (SSSR count). The first-order valence-corrected chi connectivity index (χ1v) is 6.52. The second kappa shape index (κ2) is 7.01. The summed E-state index contributed by atoms with van der Waals surface area (Å²) in [5, 5.41) is 0.0969. The SMILES string of the molecule is COC(=O)c1ccc(C)c(C=CCSC(C)=O)c1. The van der Waals surface area contributed by atoms with E-state index in [4.69, 9.17) is 0 Å². The van der Waals surface area contributed by atoms with Gasteiger partial charge >= 0.3 is 5.97 Å². The zero-order chi connectivity index (χ0) is 13.5. The number of hydrogen-bond donors (Lipinski definition) is 0. The van der Waals surface area contributed by atoms with Crippen LogP contribution in [-0.4, -0.2) is 23.9 Å². The minimum atomic E-state index is -0.345. The van der Waals surface area contributed by atoms with Crippen LogP contribution >= 0.6 is 11.8 Å². The van der Waals surface area contributed by atoms with Gasteiger partial charge in [0.05, 0.1) is 12.7 Å². The number of benzene rings is 1. The Hall–Kier alpha value is -1.55. The summed E-state index contributed by atoms with van der Waals surface area (Å²) in [7, 11) is 1.36. The third kappa shape index (κ3) is 4.37. The van der Waals surface area contributed by atoms with Crippen LogP contribution in [0.1, 0.15) is 28.4 Å². The lowest BCUT2D eigenvalue weighted by Crippen LogP contribution is -2.01. The number of carbonyl (C=O) groups is 2. The fourth-order valence-corrected chi connectivity index (χ4v) is 1.83. The molecule has 3 nitrogen and oxygen atoms in total. The van der Waals surface area contributed by atoms with Gasteiger partial charge < -0.3 is 4.74 Å². The molecular weight excluding hydrogens is 248 g/mol. The maximum atomic E-state index is 11.4. The van der Waals surface area contributed by atoms with Crippen molar-refractivity contribution < 1.29 is 14.3 Å². The van der Waals surface area contributed by atoms with Crippen molar-refractivity contribution in [2.24, 2.45) is 0 Å². The molecule has 4 heteroatoms. The molecule has 96 valence electrons. The van der Waals surface area contributed by atoms with E-state index in [2.05, 4.69) is 4.74 Å². The van der Waals surface area contributed by atoms with E-state index in [1.54, 1.807) is 19.1 Å². The molecular formula is C14H16O3S. The summed E-state index contributed by atoms with van der Waals surface area (Å²) in [6, 6.07) is 5.41. The Kier molecular flexibility index (Phi) is 5.65. The van der Waals surface area contributed by atoms with Crippen molar-refractivity contribution >= 4 is 28.9 Å². The van der Waals surface area contributed by atoms with Gasteiger partial charge in [0, 0.05) is 12.7 Å². The van der Waals surface area contributed by atoms with Crippen LogP contribution in [0, 0.1) is 6.92 Å². The maximum absolute atomic E-state index is 11.4. The Morgan fingerprint density at radius 1 is 1.39 bits per heavy atom. The molecule has 0 unspecified atom stereocenters. The van der Waals surface area contributed by atoms with E-state index in [1.165, 1.54) is 18.9 Å². The van der Waals surface area contributed by atoms with Crippen LogP contribution in [0.25, 0.3) is 6.08 Å². The third-order valence-electron chi connectivity index (χ3n) is 2.38. The van der Waals surface area contributed by atoms with Crippen molar-refractivity contribution in [3.63, 3.8) is 0 Å². The molecule has 0 bridgehead atoms. The zero-order valence-corrected chi connectivity index (χ0v) is 11.5. The molecule has 0 aliphatic rings. The van der Waals surface area contributed by atoms with Gasteiger partial charge in [-0.15, -0.1) is 0 Å². The van der Waals surface area contributed by atoms with Gasteiger partial charge in [-0.25, -0.2) is 4.79 Å². The molecule has 0 saturated heterocycles. The lowest BCUT2D eigenvalue weighted by molar-refractivity contribution is -0.109. The van der Waals surface area contributed by atoms with E-state index in [9.17, 15) is 9.59 Å². The number of rotatable bonds is 4. The number of ether oxygens (including phenoxy) is 1. The summed E-state index contributed by atoms with van der Waals surface area (Å²) in [5.41, 5.74) is 2.57. The van der Waals surface area contributed by atoms with Crippen molar-refractivity contribution in [1.82, 2.24) is 0 Å². The van der Waals surface area contributed by atoms with E-state index in [0.29, 0.717) is 11.3 Å². The molecule has 0 saturated carbocycles. The first-order valence-electron chi connectivity index (χ1n) is 5.53. The molecule has 0 aliphatic heterocycles. The van der Waals surface area contributed by atoms with Gasteiger partial charge in [-0.05, 0) is 30.2 Å². The highest BCUT2D eigenvalue weighted by Crippen LogP contribution is 2.14. The Morgan fingerprint density at radius 3 is 2.72 bits per heavy atom. The largest absolute Gasteiger partial charge is 0.465 e. The normalized spacial score (nSPS) is 10.6. The van der Waals surface area contributed by atoms with Gasteiger partial charge in [0.1, 0.15) is 0 Å². The zero-order valence-electron chi connectivity index (χ0n) is 10.7. The predicted octanol–water partition coefficient (Wildman–Crippen LogP) is 3.07. The summed E-state index contributed by atoms with van der Waals surface area (Å²) < 4.78 is 4.68. The molecule has 1 aromatic rings. The molecule has 0 atom stereocenters. The van der Waals surface area contributed by atoms with Crippen molar-refractivity contribution in [2.45, 2.75) is 13.8 Å². The van der Waals surface area contributed by atoms with E-state index < -0.39 is 0 Å². The summed E-state index contributed by atoms with van der Waals surface area (Å²) in [6.45, 7) is 3.51. The standard InChI is InChI=1S/C14H16O3S/c1-10-6-7-13(14(16)17-3)9-12(10)5-4-8-18-11(2)15/h4-7,9H,8H2,1-3H3. The van der Waals surface area contributed by atoms with Gasteiger partial charge in [0.15, 0.2) is 5.12 Å². The van der Waals surface area contributed by atoms with Crippen molar-refractivity contribution in [3.05, 3.63) is 41.0 Å². The van der Waals surface area contributed by atoms with Gasteiger partial charge in [-0.1, -0.05) is 30.0 Å². The Bertz CT molecular complexity index is 478. The smallest absolute Gasteiger partial charge is 0.337 e. The minimum Gasteiger partial charge on any atom is -0.465 e. The lowest BCUT2D eigenvalue weighted by atomic mass is 10.0. The summed E-state index contributed by atoms with van der Waals surface area (Å²) in [4.78, 5) is 22.2. The van der Waals surface area contributed by atoms with Gasteiger partial charge in [0.2, 0.25) is 0 Å². The first-order chi connectivity index (χ1) is 8.54. The van der Waals surface area contributed by atoms with Crippen LogP contribution in [0.3, 0.4) is 0 Å². The highest BCUT2D eigenvalue weighted by atomic mass is 32.2. The van der Waals surface area contributed by atoms with Gasteiger partial charge in [-0.2, -0.15) is 0 Å². The molecule has 18 heavy (non-hydrogen) atoms. The maximum Gasteiger partial charge on any atom is 0.337 e. The van der Waals surface area contributed by atoms with E-state index >= 15 is 0 Å². The topological polar surface area (TPSA) is 43.4 Å². The van der Waals surface area contributed by atoms with Crippen molar-refractivity contribution in [2.75, 3.05) is 12.9 Å². The molecule has 0 radical (unpaired) electrons. The second-order valence-electron chi connectivity index (χ2n) is 3.77. The van der Waals surface area contributed by atoms with Crippen LogP contribution in [0.2, 0.25) is 0 Å². The van der Waals surface area contributed by atoms with Gasteiger partial charge in [-0.3, -0.25) is 4.79 Å². The number of methoxy groups -OCH3 is 1. The van der Waals surface area contributed by atoms with E-state index in [-0.39, 0.29) is 11.1 Å². The quantitative estimate of drug-likeness (QED) is 0.784. The number of hydrogen-bond acceptors (Lipinski definition) is 4. The summed E-state index contributed by atoms with van der Waals surface area (Å²) in [5.74, 6) is 0.291. The van der Waals surface area contributed by atoms with Crippen molar-refractivity contribution in [1.29, 1.82) is 0 Å². The minimum absolute atomic E-state index is 0.0969. The van der Waals surface area contributed by atoms with Crippen molar-refractivity contribution in [3.8, 4) is 0 Å². The average molecular weight is 264 g/mol. The van der Waals surface area contributed by atoms with Crippen LogP contribution < -0.4 is 0 Å². The summed E-state index contributed by atoms with van der Waals surface area (Å²) in [6.07, 6.45) is 3.83. The van der Waals surface area contributed by atoms with Crippen LogP contribution in [0.15, 0.2) is 24.3 Å². The molecule has 0 fully saturated rings. The molecule has 0 amide bonds. The molecule has 0 heterocycles. The van der Waals surface area contributed by atoms with Crippen LogP contribution in [0.4, 0.5) is 0 Å². The van der Waals surface area contributed by atoms with Gasteiger partial charge in [0.25, 0.3) is 0 Å². The third-order valence-corrected chi connectivity index (χ3v) is 3.15. The monoisotopic (exact) mass is 264 g/mol. The summed E-state index contributed by atoms with van der Waals surface area (Å²) >= 11 is 1.25. The Labute approximate surface area is 111 Å². The predicted molar refractivity (Wildman–Crippen MR) is 74.7 cm³/mol. The highest BCUT2D eigenvalue weighted by molar-refractivity contribution is 8.13. The number of esters is 1. The lowest BCUT2D eigenvalue weighted by Gasteiger charge is -2.04. The molecule has 0 aliphatic carbocycles. The van der Waals surface area contributed by atoms with E-state index in [1.807, 2.05) is 25.1 Å². The number of thioether (sulfide) groups is 1.